The summed E-state index contributed by atoms with van der Waals surface area (Å²) >= 11 is 0. The first kappa shape index (κ1) is 13.9. The predicted octanol–water partition coefficient (Wildman–Crippen LogP) is 1.07. The summed E-state index contributed by atoms with van der Waals surface area (Å²) < 4.78 is 54.0. The normalized spacial score (nSPS) is 26.0. The molecule has 0 atom stereocenters. The Labute approximate surface area is 108 Å². The molecule has 2 aliphatic rings. The topological polar surface area (TPSA) is 95.8 Å². The van der Waals surface area contributed by atoms with Crippen LogP contribution in [0.4, 0.5) is 8.78 Å². The van der Waals surface area contributed by atoms with Crippen molar-refractivity contribution in [2.24, 2.45) is 10.3 Å². The molecule has 19 heavy (non-hydrogen) atoms. The second-order valence-electron chi connectivity index (χ2n) is 4.59. The van der Waals surface area contributed by atoms with E-state index in [2.05, 4.69) is 9.12 Å². The van der Waals surface area contributed by atoms with Crippen LogP contribution in [0, 0.1) is 5.92 Å². The molecular weight excluding hydrogens is 282 g/mol. The largest absolute Gasteiger partial charge is 0.476 e. The first-order valence-electron chi connectivity index (χ1n) is 5.64. The summed E-state index contributed by atoms with van der Waals surface area (Å²) in [6.07, 6.45) is 0.632. The van der Waals surface area contributed by atoms with Crippen LogP contribution in [-0.2, 0) is 15.0 Å². The zero-order valence-corrected chi connectivity index (χ0v) is 10.6. The molecule has 1 aliphatic heterocycles. The number of hydrogen-bond donors (Lipinski definition) is 2. The Balaban J connectivity index is 2.22. The number of carboxylic acids is 1. The van der Waals surface area contributed by atoms with Gasteiger partial charge in [0.25, 0.3) is 0 Å². The van der Waals surface area contributed by atoms with Crippen molar-refractivity contribution < 1.29 is 27.1 Å². The number of halogens is 2. The summed E-state index contributed by atoms with van der Waals surface area (Å²) in [6, 6.07) is 0. The van der Waals surface area contributed by atoms with Gasteiger partial charge in [0.15, 0.2) is 5.71 Å². The second-order valence-corrected chi connectivity index (χ2v) is 5.93. The molecule has 2 N–H and O–H groups in total. The third-order valence-corrected chi connectivity index (χ3v) is 4.06. The molecule has 0 aromatic carbocycles. The monoisotopic (exact) mass is 294 g/mol. The van der Waals surface area contributed by atoms with E-state index in [9.17, 15) is 22.0 Å². The van der Waals surface area contributed by atoms with Crippen LogP contribution < -0.4 is 4.72 Å². The number of rotatable bonds is 2. The van der Waals surface area contributed by atoms with E-state index in [1.807, 2.05) is 0 Å². The minimum atomic E-state index is -4.10. The average Bonchev–Trinajstić information content (AvgIpc) is 2.26. The van der Waals surface area contributed by atoms with Gasteiger partial charge in [-0.2, -0.15) is 8.42 Å². The van der Waals surface area contributed by atoms with Gasteiger partial charge in [0.05, 0.1) is 0 Å². The highest BCUT2D eigenvalue weighted by Crippen LogP contribution is 2.38. The number of carboxylic acid groups (broad SMARTS) is 1. The van der Waals surface area contributed by atoms with E-state index in [1.165, 1.54) is 0 Å². The van der Waals surface area contributed by atoms with Crippen molar-refractivity contribution >= 4 is 21.9 Å². The molecule has 0 spiro atoms. The standard InChI is InChI=1S/C10H12F2N2O4S/c11-10(12)3-1-6(2-4-10)7-5-8(9(15)16)14-19(17,18)13-7/h5-6,13H,1-4H2,(H,15,16). The highest BCUT2D eigenvalue weighted by atomic mass is 32.2. The minimum Gasteiger partial charge on any atom is -0.476 e. The van der Waals surface area contributed by atoms with Crippen LogP contribution in [0.1, 0.15) is 25.7 Å². The molecule has 0 bridgehead atoms. The van der Waals surface area contributed by atoms with E-state index < -0.39 is 33.7 Å². The van der Waals surface area contributed by atoms with Crippen LogP contribution in [0.3, 0.4) is 0 Å². The van der Waals surface area contributed by atoms with Crippen LogP contribution in [0.2, 0.25) is 0 Å². The molecule has 0 aromatic heterocycles. The maximum atomic E-state index is 13.0. The Morgan fingerprint density at radius 3 is 2.53 bits per heavy atom. The molecule has 9 heteroatoms. The summed E-state index contributed by atoms with van der Waals surface area (Å²) in [5.74, 6) is -4.61. The van der Waals surface area contributed by atoms with Gasteiger partial charge >= 0.3 is 16.2 Å². The number of allylic oxidation sites excluding steroid dienone is 1. The Morgan fingerprint density at radius 2 is 2.00 bits per heavy atom. The summed E-state index contributed by atoms with van der Waals surface area (Å²) in [4.78, 5) is 10.8. The number of alkyl halides is 2. The van der Waals surface area contributed by atoms with E-state index in [-0.39, 0.29) is 31.4 Å². The lowest BCUT2D eigenvalue weighted by atomic mass is 9.84. The van der Waals surface area contributed by atoms with Crippen LogP contribution in [0.5, 0.6) is 0 Å². The van der Waals surface area contributed by atoms with Crippen molar-refractivity contribution in [1.82, 2.24) is 4.72 Å². The average molecular weight is 294 g/mol. The van der Waals surface area contributed by atoms with Crippen molar-refractivity contribution in [2.75, 3.05) is 0 Å². The first-order chi connectivity index (χ1) is 8.69. The molecule has 1 heterocycles. The fourth-order valence-electron chi connectivity index (χ4n) is 2.16. The van der Waals surface area contributed by atoms with E-state index in [0.717, 1.165) is 6.08 Å². The molecule has 0 radical (unpaired) electrons. The molecule has 1 aliphatic carbocycles. The van der Waals surface area contributed by atoms with Crippen LogP contribution in [0.25, 0.3) is 0 Å². The van der Waals surface area contributed by atoms with Crippen molar-refractivity contribution in [3.05, 3.63) is 11.8 Å². The molecule has 0 amide bonds. The summed E-state index contributed by atoms with van der Waals surface area (Å²) in [5.41, 5.74) is -0.478. The Bertz CT molecular complexity index is 558. The predicted molar refractivity (Wildman–Crippen MR) is 62.1 cm³/mol. The van der Waals surface area contributed by atoms with E-state index >= 15 is 0 Å². The Morgan fingerprint density at radius 1 is 1.42 bits per heavy atom. The maximum Gasteiger partial charge on any atom is 0.355 e. The van der Waals surface area contributed by atoms with Gasteiger partial charge in [-0.15, -0.1) is 4.40 Å². The van der Waals surface area contributed by atoms with Gasteiger partial charge in [0, 0.05) is 24.5 Å². The van der Waals surface area contributed by atoms with Crippen LogP contribution in [-0.4, -0.2) is 31.1 Å². The lowest BCUT2D eigenvalue weighted by molar-refractivity contribution is -0.129. The van der Waals surface area contributed by atoms with Gasteiger partial charge in [-0.1, -0.05) is 0 Å². The number of aliphatic carboxylic acids is 1. The fraction of sp³-hybridized carbons (Fsp3) is 0.600. The van der Waals surface area contributed by atoms with Gasteiger partial charge in [-0.05, 0) is 18.9 Å². The van der Waals surface area contributed by atoms with Gasteiger partial charge in [-0.25, -0.2) is 13.6 Å². The summed E-state index contributed by atoms with van der Waals surface area (Å²) in [5, 5.41) is 8.78. The Kier molecular flexibility index (Phi) is 3.33. The number of hydrogen-bond acceptors (Lipinski definition) is 3. The molecule has 2 rings (SSSR count). The van der Waals surface area contributed by atoms with Crippen molar-refractivity contribution in [3.8, 4) is 0 Å². The lowest BCUT2D eigenvalue weighted by Gasteiger charge is -2.30. The van der Waals surface area contributed by atoms with Crippen molar-refractivity contribution in [3.63, 3.8) is 0 Å². The molecule has 1 fully saturated rings. The lowest BCUT2D eigenvalue weighted by Crippen LogP contribution is -2.35. The van der Waals surface area contributed by atoms with Gasteiger partial charge in [-0.3, -0.25) is 4.72 Å². The third kappa shape index (κ3) is 3.28. The van der Waals surface area contributed by atoms with Crippen molar-refractivity contribution in [1.29, 1.82) is 0 Å². The molecule has 1 saturated carbocycles. The molecule has 0 saturated heterocycles. The third-order valence-electron chi connectivity index (χ3n) is 3.13. The smallest absolute Gasteiger partial charge is 0.355 e. The van der Waals surface area contributed by atoms with E-state index in [0.29, 0.717) is 0 Å². The number of nitrogens with one attached hydrogen (secondary N) is 1. The van der Waals surface area contributed by atoms with Gasteiger partial charge in [0.2, 0.25) is 5.92 Å². The molecule has 0 unspecified atom stereocenters. The van der Waals surface area contributed by atoms with Crippen LogP contribution >= 0.6 is 0 Å². The molecular formula is C10H12F2N2O4S. The van der Waals surface area contributed by atoms with Crippen molar-refractivity contribution in [2.45, 2.75) is 31.6 Å². The molecule has 6 nitrogen and oxygen atoms in total. The second kappa shape index (κ2) is 4.55. The highest BCUT2D eigenvalue weighted by Gasteiger charge is 2.37. The summed E-state index contributed by atoms with van der Waals surface area (Å²) in [7, 11) is -4.10. The van der Waals surface area contributed by atoms with Crippen LogP contribution in [0.15, 0.2) is 16.2 Å². The Hall–Kier alpha value is -1.51. The minimum absolute atomic E-state index is 0.105. The SMILES string of the molecule is O=C(O)C1=NS(=O)(=O)NC(C2CCC(F)(F)CC2)=C1. The zero-order chi connectivity index (χ0) is 14.3. The maximum absolute atomic E-state index is 13.0. The number of nitrogens with zero attached hydrogens (tertiary/aromatic N) is 1. The zero-order valence-electron chi connectivity index (χ0n) is 9.77. The molecule has 106 valence electrons. The molecule has 0 aromatic rings. The van der Waals surface area contributed by atoms with Gasteiger partial charge < -0.3 is 5.11 Å². The number of carbonyl (C=O) groups is 1. The van der Waals surface area contributed by atoms with E-state index in [4.69, 9.17) is 5.11 Å². The first-order valence-corrected chi connectivity index (χ1v) is 7.08. The van der Waals surface area contributed by atoms with E-state index in [1.54, 1.807) is 0 Å². The van der Waals surface area contributed by atoms with Gasteiger partial charge in [0.1, 0.15) is 0 Å². The summed E-state index contributed by atoms with van der Waals surface area (Å²) in [6.45, 7) is 0. The quantitative estimate of drug-likeness (QED) is 0.796. The fourth-order valence-corrected chi connectivity index (χ4v) is 3.12. The highest BCUT2D eigenvalue weighted by molar-refractivity contribution is 7.88.